The molecule has 0 aliphatic heterocycles. The third-order valence-electron chi connectivity index (χ3n) is 3.06. The van der Waals surface area contributed by atoms with Crippen molar-refractivity contribution in [2.24, 2.45) is 0 Å². The zero-order valence-corrected chi connectivity index (χ0v) is 14.0. The van der Waals surface area contributed by atoms with Gasteiger partial charge in [-0.3, -0.25) is 0 Å². The number of hydrogen-bond acceptors (Lipinski definition) is 4. The predicted octanol–water partition coefficient (Wildman–Crippen LogP) is 3.07. The van der Waals surface area contributed by atoms with Crippen LogP contribution in [0.3, 0.4) is 0 Å². The van der Waals surface area contributed by atoms with Gasteiger partial charge in [0.1, 0.15) is 6.61 Å². The number of aromatic carboxylic acids is 1. The first kappa shape index (κ1) is 16.6. The number of aliphatic hydroxyl groups excluding tert-OH is 1. The van der Waals surface area contributed by atoms with Gasteiger partial charge in [-0.2, -0.15) is 0 Å². The van der Waals surface area contributed by atoms with Crippen molar-refractivity contribution in [1.82, 2.24) is 0 Å². The largest absolute Gasteiger partial charge is 0.493 e. The van der Waals surface area contributed by atoms with Crippen LogP contribution in [-0.2, 0) is 13.2 Å². The second kappa shape index (κ2) is 7.46. The van der Waals surface area contributed by atoms with Crippen LogP contribution < -0.4 is 9.47 Å². The van der Waals surface area contributed by atoms with Crippen molar-refractivity contribution in [1.29, 1.82) is 0 Å². The Bertz CT molecular complexity index is 667. The van der Waals surface area contributed by atoms with E-state index in [1.54, 1.807) is 25.3 Å². The van der Waals surface area contributed by atoms with Gasteiger partial charge in [-0.1, -0.05) is 12.1 Å². The molecule has 2 N–H and O–H groups in total. The molecule has 5 nitrogen and oxygen atoms in total. The van der Waals surface area contributed by atoms with Gasteiger partial charge in [-0.15, -0.1) is 0 Å². The fraction of sp³-hybridized carbons (Fsp3) is 0.188. The van der Waals surface area contributed by atoms with Gasteiger partial charge >= 0.3 is 5.97 Å². The number of carboxylic acids is 1. The highest BCUT2D eigenvalue weighted by Gasteiger charge is 2.12. The van der Waals surface area contributed by atoms with Gasteiger partial charge < -0.3 is 19.7 Å². The number of hydrogen-bond donors (Lipinski definition) is 2. The highest BCUT2D eigenvalue weighted by atomic mass is 127. The molecule has 0 fully saturated rings. The molecule has 0 saturated heterocycles. The van der Waals surface area contributed by atoms with Gasteiger partial charge in [0.05, 0.1) is 22.9 Å². The van der Waals surface area contributed by atoms with Crippen LogP contribution in [0.25, 0.3) is 0 Å². The third-order valence-corrected chi connectivity index (χ3v) is 3.86. The summed E-state index contributed by atoms with van der Waals surface area (Å²) in [6, 6.07) is 10.1. The van der Waals surface area contributed by atoms with Crippen molar-refractivity contribution in [3.05, 3.63) is 56.7 Å². The molecule has 2 aromatic rings. The van der Waals surface area contributed by atoms with Crippen LogP contribution in [0.5, 0.6) is 11.5 Å². The van der Waals surface area contributed by atoms with Crippen molar-refractivity contribution >= 4 is 28.6 Å². The number of carbonyl (C=O) groups is 1. The molecular formula is C16H15IO5. The summed E-state index contributed by atoms with van der Waals surface area (Å²) in [7, 11) is 1.54. The normalized spacial score (nSPS) is 10.3. The Hall–Kier alpha value is -1.80. The fourth-order valence-electron chi connectivity index (χ4n) is 1.90. The van der Waals surface area contributed by atoms with Crippen molar-refractivity contribution in [2.75, 3.05) is 7.11 Å². The third kappa shape index (κ3) is 3.89. The molecule has 0 atom stereocenters. The summed E-state index contributed by atoms with van der Waals surface area (Å²) in [4.78, 5) is 10.8. The Labute approximate surface area is 141 Å². The first-order chi connectivity index (χ1) is 10.5. The summed E-state index contributed by atoms with van der Waals surface area (Å²) in [6.07, 6.45) is 0. The Kier molecular flexibility index (Phi) is 5.62. The number of ether oxygens (including phenoxy) is 2. The molecule has 116 valence electrons. The predicted molar refractivity (Wildman–Crippen MR) is 89.4 cm³/mol. The molecule has 0 unspecified atom stereocenters. The molecule has 0 aliphatic rings. The average molecular weight is 414 g/mol. The lowest BCUT2D eigenvalue weighted by Crippen LogP contribution is -2.02. The Morgan fingerprint density at radius 1 is 1.18 bits per heavy atom. The zero-order chi connectivity index (χ0) is 16.1. The minimum absolute atomic E-state index is 0.0662. The summed E-state index contributed by atoms with van der Waals surface area (Å²) >= 11 is 2.12. The van der Waals surface area contributed by atoms with Gasteiger partial charge in [0.25, 0.3) is 0 Å². The number of halogens is 1. The molecule has 2 rings (SSSR count). The number of aliphatic hydroxyl groups is 1. The lowest BCUT2D eigenvalue weighted by molar-refractivity contribution is 0.0697. The lowest BCUT2D eigenvalue weighted by atomic mass is 10.1. The van der Waals surface area contributed by atoms with E-state index in [1.807, 2.05) is 6.07 Å². The Morgan fingerprint density at radius 3 is 2.41 bits per heavy atom. The topological polar surface area (TPSA) is 76.0 Å². The van der Waals surface area contributed by atoms with E-state index in [0.29, 0.717) is 18.1 Å². The Morgan fingerprint density at radius 2 is 1.86 bits per heavy atom. The summed E-state index contributed by atoms with van der Waals surface area (Å²) in [5.74, 6) is 0.198. The number of methoxy groups -OCH3 is 1. The van der Waals surface area contributed by atoms with Crippen LogP contribution >= 0.6 is 22.6 Å². The second-order valence-corrected chi connectivity index (χ2v) is 5.72. The van der Waals surface area contributed by atoms with Gasteiger partial charge in [0, 0.05) is 0 Å². The van der Waals surface area contributed by atoms with Crippen LogP contribution in [0.1, 0.15) is 21.5 Å². The summed E-state index contributed by atoms with van der Waals surface area (Å²) < 4.78 is 11.9. The number of benzene rings is 2. The van der Waals surface area contributed by atoms with Gasteiger partial charge in [0.15, 0.2) is 11.5 Å². The molecular weight excluding hydrogens is 399 g/mol. The molecule has 0 heterocycles. The van der Waals surface area contributed by atoms with E-state index in [2.05, 4.69) is 22.6 Å². The van der Waals surface area contributed by atoms with Crippen LogP contribution in [0.2, 0.25) is 0 Å². The quantitative estimate of drug-likeness (QED) is 0.711. The van der Waals surface area contributed by atoms with Crippen LogP contribution in [0, 0.1) is 3.57 Å². The van der Waals surface area contributed by atoms with Crippen molar-refractivity contribution in [3.63, 3.8) is 0 Å². The average Bonchev–Trinajstić information content (AvgIpc) is 2.53. The van der Waals surface area contributed by atoms with E-state index in [-0.39, 0.29) is 12.2 Å². The number of carboxylic acid groups (broad SMARTS) is 1. The minimum Gasteiger partial charge on any atom is -0.493 e. The zero-order valence-electron chi connectivity index (χ0n) is 11.9. The standard InChI is InChI=1S/C16H15IO5/c1-21-14-7-11(8-18)6-13(17)15(14)22-9-10-2-4-12(5-3-10)16(19)20/h2-7,18H,8-9H2,1H3,(H,19,20). The van der Waals surface area contributed by atoms with E-state index in [9.17, 15) is 9.90 Å². The maximum Gasteiger partial charge on any atom is 0.335 e. The highest BCUT2D eigenvalue weighted by Crippen LogP contribution is 2.34. The fourth-order valence-corrected chi connectivity index (χ4v) is 2.73. The van der Waals surface area contributed by atoms with Crippen molar-refractivity contribution in [3.8, 4) is 11.5 Å². The van der Waals surface area contributed by atoms with Gasteiger partial charge in [-0.05, 0) is 58.0 Å². The molecule has 2 aromatic carbocycles. The Balaban J connectivity index is 2.15. The molecule has 0 bridgehead atoms. The monoisotopic (exact) mass is 414 g/mol. The smallest absolute Gasteiger partial charge is 0.335 e. The number of rotatable bonds is 6. The first-order valence-corrected chi connectivity index (χ1v) is 7.55. The van der Waals surface area contributed by atoms with Crippen LogP contribution in [0.15, 0.2) is 36.4 Å². The molecule has 0 spiro atoms. The molecule has 0 aliphatic carbocycles. The van der Waals surface area contributed by atoms with Crippen LogP contribution in [-0.4, -0.2) is 23.3 Å². The molecule has 22 heavy (non-hydrogen) atoms. The first-order valence-electron chi connectivity index (χ1n) is 6.47. The molecule has 0 amide bonds. The molecule has 0 saturated carbocycles. The maximum absolute atomic E-state index is 10.8. The molecule has 0 aromatic heterocycles. The maximum atomic E-state index is 10.8. The highest BCUT2D eigenvalue weighted by molar-refractivity contribution is 14.1. The van der Waals surface area contributed by atoms with Crippen LogP contribution in [0.4, 0.5) is 0 Å². The SMILES string of the molecule is COc1cc(CO)cc(I)c1OCc1ccc(C(=O)O)cc1. The lowest BCUT2D eigenvalue weighted by Gasteiger charge is -2.14. The summed E-state index contributed by atoms with van der Waals surface area (Å²) in [5.41, 5.74) is 1.84. The van der Waals surface area contributed by atoms with E-state index in [0.717, 1.165) is 14.7 Å². The van der Waals surface area contributed by atoms with Crippen molar-refractivity contribution in [2.45, 2.75) is 13.2 Å². The van der Waals surface area contributed by atoms with E-state index in [1.165, 1.54) is 12.1 Å². The summed E-state index contributed by atoms with van der Waals surface area (Å²) in [6.45, 7) is 0.230. The van der Waals surface area contributed by atoms with Crippen molar-refractivity contribution < 1.29 is 24.5 Å². The summed E-state index contributed by atoms with van der Waals surface area (Å²) in [5, 5.41) is 18.1. The molecule has 0 radical (unpaired) electrons. The van der Waals surface area contributed by atoms with E-state index in [4.69, 9.17) is 14.6 Å². The van der Waals surface area contributed by atoms with E-state index < -0.39 is 5.97 Å². The second-order valence-electron chi connectivity index (χ2n) is 4.56. The van der Waals surface area contributed by atoms with Gasteiger partial charge in [0.2, 0.25) is 0 Å². The minimum atomic E-state index is -0.955. The van der Waals surface area contributed by atoms with E-state index >= 15 is 0 Å². The molecule has 6 heteroatoms. The van der Waals surface area contributed by atoms with Gasteiger partial charge in [-0.25, -0.2) is 4.79 Å².